The summed E-state index contributed by atoms with van der Waals surface area (Å²) in [7, 11) is -3.48. The highest BCUT2D eigenvalue weighted by atomic mass is 32.2. The van der Waals surface area contributed by atoms with Crippen molar-refractivity contribution in [2.45, 2.75) is 43.9 Å². The summed E-state index contributed by atoms with van der Waals surface area (Å²) in [6.07, 6.45) is 3.50. The number of rotatable bonds is 8. The Hall–Kier alpha value is -1.70. The maximum atomic E-state index is 12.8. The third-order valence-electron chi connectivity index (χ3n) is 5.48. The lowest BCUT2D eigenvalue weighted by Crippen LogP contribution is -2.47. The predicted molar refractivity (Wildman–Crippen MR) is 111 cm³/mol. The van der Waals surface area contributed by atoms with E-state index >= 15 is 0 Å². The summed E-state index contributed by atoms with van der Waals surface area (Å²) < 4.78 is 32.4. The fourth-order valence-electron chi connectivity index (χ4n) is 3.82. The number of hydrogen-bond donors (Lipinski definition) is 0. The van der Waals surface area contributed by atoms with Crippen molar-refractivity contribution in [1.29, 1.82) is 0 Å². The second kappa shape index (κ2) is 9.20. The molecule has 1 aliphatic rings. The number of thiophene rings is 1. The molecule has 0 amide bonds. The van der Waals surface area contributed by atoms with Crippen molar-refractivity contribution in [2.75, 3.05) is 19.7 Å². The molecule has 0 atom stereocenters. The van der Waals surface area contributed by atoms with Crippen LogP contribution in [0.3, 0.4) is 0 Å². The van der Waals surface area contributed by atoms with E-state index in [1.54, 1.807) is 16.8 Å². The Kier molecular flexibility index (Phi) is 6.91. The predicted octanol–water partition coefficient (Wildman–Crippen LogP) is 4.11. The molecule has 5 nitrogen and oxygen atoms in total. The van der Waals surface area contributed by atoms with Gasteiger partial charge in [0.1, 0.15) is 0 Å². The molecule has 1 aromatic heterocycles. The lowest BCUT2D eigenvalue weighted by atomic mass is 9.74. The first-order chi connectivity index (χ1) is 13.5. The number of benzene rings is 1. The molecule has 1 saturated heterocycles. The van der Waals surface area contributed by atoms with Gasteiger partial charge in [0.2, 0.25) is 10.0 Å². The molecule has 0 aliphatic carbocycles. The Balaban J connectivity index is 1.67. The zero-order chi connectivity index (χ0) is 20.0. The first-order valence-electron chi connectivity index (χ1n) is 9.71. The quantitative estimate of drug-likeness (QED) is 0.602. The number of sulfonamides is 1. The molecule has 0 saturated carbocycles. The van der Waals surface area contributed by atoms with Gasteiger partial charge in [0, 0.05) is 18.5 Å². The largest absolute Gasteiger partial charge is 0.466 e. The van der Waals surface area contributed by atoms with Crippen LogP contribution in [-0.4, -0.2) is 38.4 Å². The zero-order valence-electron chi connectivity index (χ0n) is 16.2. The van der Waals surface area contributed by atoms with Gasteiger partial charge in [0.15, 0.2) is 0 Å². The molecule has 0 N–H and O–H groups in total. The van der Waals surface area contributed by atoms with Gasteiger partial charge in [-0.15, -0.1) is 0 Å². The summed E-state index contributed by atoms with van der Waals surface area (Å²) in [6, 6.07) is 11.8. The molecule has 152 valence electrons. The summed E-state index contributed by atoms with van der Waals surface area (Å²) in [4.78, 5) is 13.1. The maximum absolute atomic E-state index is 12.8. The molecule has 0 spiro atoms. The molecular formula is C21H27NO4S2. The van der Waals surface area contributed by atoms with Gasteiger partial charge in [0.25, 0.3) is 0 Å². The minimum Gasteiger partial charge on any atom is -0.466 e. The smallest absolute Gasteiger partial charge is 0.312 e. The topological polar surface area (TPSA) is 63.7 Å². The third kappa shape index (κ3) is 4.64. The molecule has 28 heavy (non-hydrogen) atoms. The van der Waals surface area contributed by atoms with E-state index in [1.807, 2.05) is 25.1 Å². The van der Waals surface area contributed by atoms with E-state index in [0.29, 0.717) is 43.9 Å². The van der Waals surface area contributed by atoms with Crippen molar-refractivity contribution in [3.8, 4) is 0 Å². The average Bonchev–Trinajstić information content (AvgIpc) is 3.25. The SMILES string of the molecule is CCOC(=O)C1(CCCc2ccccc2)CCN(S(=O)(=O)c2ccsc2)CC1. The van der Waals surface area contributed by atoms with Crippen LogP contribution < -0.4 is 0 Å². The van der Waals surface area contributed by atoms with E-state index in [1.165, 1.54) is 21.2 Å². The normalized spacial score (nSPS) is 17.3. The highest BCUT2D eigenvalue weighted by Crippen LogP contribution is 2.39. The van der Waals surface area contributed by atoms with Gasteiger partial charge in [-0.1, -0.05) is 30.3 Å². The van der Waals surface area contributed by atoms with Crippen LogP contribution in [0.15, 0.2) is 52.1 Å². The Labute approximate surface area is 171 Å². The van der Waals surface area contributed by atoms with Crippen molar-refractivity contribution in [3.63, 3.8) is 0 Å². The van der Waals surface area contributed by atoms with Crippen LogP contribution in [0.4, 0.5) is 0 Å². The van der Waals surface area contributed by atoms with Gasteiger partial charge in [-0.05, 0) is 56.0 Å². The first kappa shape index (κ1) is 21.0. The lowest BCUT2D eigenvalue weighted by Gasteiger charge is -2.39. The van der Waals surface area contributed by atoms with Crippen molar-refractivity contribution in [3.05, 3.63) is 52.7 Å². The minimum atomic E-state index is -3.48. The molecule has 2 heterocycles. The summed E-state index contributed by atoms with van der Waals surface area (Å²) in [5.41, 5.74) is 0.657. The number of esters is 1. The van der Waals surface area contributed by atoms with Crippen LogP contribution in [-0.2, 0) is 26.0 Å². The van der Waals surface area contributed by atoms with Gasteiger partial charge in [0.05, 0.1) is 16.9 Å². The molecule has 1 fully saturated rings. The fourth-order valence-corrected chi connectivity index (χ4v) is 6.28. The highest BCUT2D eigenvalue weighted by Gasteiger charge is 2.44. The number of hydrogen-bond acceptors (Lipinski definition) is 5. The molecule has 1 aliphatic heterocycles. The second-order valence-electron chi connectivity index (χ2n) is 7.20. The summed E-state index contributed by atoms with van der Waals surface area (Å²) in [6.45, 7) is 2.85. The standard InChI is InChI=1S/C21H27NO4S2/c1-2-26-20(23)21(11-6-9-18-7-4-3-5-8-18)12-14-22(15-13-21)28(24,25)19-10-16-27-17-19/h3-5,7-8,10,16-17H,2,6,9,11-15H2,1H3. The molecule has 3 rings (SSSR count). The van der Waals surface area contributed by atoms with Crippen molar-refractivity contribution < 1.29 is 17.9 Å². The number of ether oxygens (including phenoxy) is 1. The molecular weight excluding hydrogens is 394 g/mol. The van der Waals surface area contributed by atoms with E-state index in [2.05, 4.69) is 12.1 Å². The number of piperidine rings is 1. The van der Waals surface area contributed by atoms with Crippen LogP contribution in [0, 0.1) is 5.41 Å². The number of nitrogens with zero attached hydrogens (tertiary/aromatic N) is 1. The van der Waals surface area contributed by atoms with Crippen LogP contribution in [0.2, 0.25) is 0 Å². The summed E-state index contributed by atoms with van der Waals surface area (Å²) in [5, 5.41) is 3.42. The molecule has 1 aromatic carbocycles. The first-order valence-corrected chi connectivity index (χ1v) is 12.1. The van der Waals surface area contributed by atoms with Crippen LogP contribution in [0.5, 0.6) is 0 Å². The van der Waals surface area contributed by atoms with Gasteiger partial charge in [-0.3, -0.25) is 4.79 Å². The van der Waals surface area contributed by atoms with E-state index in [-0.39, 0.29) is 5.97 Å². The van der Waals surface area contributed by atoms with Crippen molar-refractivity contribution in [2.24, 2.45) is 5.41 Å². The Morgan fingerprint density at radius 3 is 2.50 bits per heavy atom. The Morgan fingerprint density at radius 2 is 1.89 bits per heavy atom. The molecule has 2 aromatic rings. The van der Waals surface area contributed by atoms with E-state index < -0.39 is 15.4 Å². The molecule has 7 heteroatoms. The second-order valence-corrected chi connectivity index (χ2v) is 9.92. The van der Waals surface area contributed by atoms with E-state index in [0.717, 1.165) is 12.8 Å². The number of aryl methyl sites for hydroxylation is 1. The van der Waals surface area contributed by atoms with Gasteiger partial charge in [-0.25, -0.2) is 8.42 Å². The monoisotopic (exact) mass is 421 g/mol. The third-order valence-corrected chi connectivity index (χ3v) is 8.21. The average molecular weight is 422 g/mol. The van der Waals surface area contributed by atoms with Crippen LogP contribution in [0.25, 0.3) is 0 Å². The zero-order valence-corrected chi connectivity index (χ0v) is 17.8. The number of carbonyl (C=O) groups is 1. The summed E-state index contributed by atoms with van der Waals surface area (Å²) >= 11 is 1.37. The van der Waals surface area contributed by atoms with Crippen molar-refractivity contribution in [1.82, 2.24) is 4.31 Å². The maximum Gasteiger partial charge on any atom is 0.312 e. The fraction of sp³-hybridized carbons (Fsp3) is 0.476. The summed E-state index contributed by atoms with van der Waals surface area (Å²) in [5.74, 6) is -0.185. The van der Waals surface area contributed by atoms with Gasteiger partial charge < -0.3 is 4.74 Å². The van der Waals surface area contributed by atoms with E-state index in [9.17, 15) is 13.2 Å². The van der Waals surface area contributed by atoms with Gasteiger partial charge >= 0.3 is 5.97 Å². The Morgan fingerprint density at radius 1 is 1.18 bits per heavy atom. The lowest BCUT2D eigenvalue weighted by molar-refractivity contribution is -0.158. The van der Waals surface area contributed by atoms with Crippen LogP contribution >= 0.6 is 11.3 Å². The molecule has 0 bridgehead atoms. The molecule has 0 unspecified atom stereocenters. The van der Waals surface area contributed by atoms with Gasteiger partial charge in [-0.2, -0.15) is 15.6 Å². The van der Waals surface area contributed by atoms with Crippen molar-refractivity contribution >= 4 is 27.3 Å². The highest BCUT2D eigenvalue weighted by molar-refractivity contribution is 7.89. The molecule has 0 radical (unpaired) electrons. The number of carbonyl (C=O) groups excluding carboxylic acids is 1. The van der Waals surface area contributed by atoms with E-state index in [4.69, 9.17) is 4.74 Å². The Bertz CT molecular complexity index is 855. The minimum absolute atomic E-state index is 0.185. The van der Waals surface area contributed by atoms with Crippen LogP contribution in [0.1, 0.15) is 38.2 Å².